The van der Waals surface area contributed by atoms with Gasteiger partial charge in [0.2, 0.25) is 0 Å². The summed E-state index contributed by atoms with van der Waals surface area (Å²) in [5.74, 6) is 0.760. The highest BCUT2D eigenvalue weighted by molar-refractivity contribution is 7.09. The van der Waals surface area contributed by atoms with Crippen molar-refractivity contribution in [2.45, 2.75) is 5.88 Å². The van der Waals surface area contributed by atoms with Crippen molar-refractivity contribution in [3.8, 4) is 16.2 Å². The van der Waals surface area contributed by atoms with E-state index < -0.39 is 0 Å². The summed E-state index contributed by atoms with van der Waals surface area (Å²) in [5.41, 5.74) is 1.47. The predicted octanol–water partition coefficient (Wildman–Crippen LogP) is 2.48. The Morgan fingerprint density at radius 3 is 3.00 bits per heavy atom. The van der Waals surface area contributed by atoms with Gasteiger partial charge in [0.05, 0.1) is 16.5 Å². The van der Waals surface area contributed by atoms with E-state index in [1.165, 1.54) is 11.5 Å². The maximum atomic E-state index is 10.4. The summed E-state index contributed by atoms with van der Waals surface area (Å²) in [4.78, 5) is 11.2. The first-order valence-corrected chi connectivity index (χ1v) is 5.74. The Balaban J connectivity index is 2.50. The number of halogens is 1. The minimum Gasteiger partial charge on any atom is -0.428 e. The largest absolute Gasteiger partial charge is 0.428 e. The first-order valence-electron chi connectivity index (χ1n) is 4.43. The van der Waals surface area contributed by atoms with Crippen LogP contribution >= 0.6 is 23.1 Å². The molecular weight excluding hydrogens is 248 g/mol. The van der Waals surface area contributed by atoms with Crippen LogP contribution in [0.3, 0.4) is 0 Å². The van der Waals surface area contributed by atoms with Gasteiger partial charge < -0.3 is 4.74 Å². The van der Waals surface area contributed by atoms with Crippen LogP contribution < -0.4 is 4.74 Å². The van der Waals surface area contributed by atoms with Gasteiger partial charge in [0, 0.05) is 5.56 Å². The SMILES string of the molecule is O=COc1ccccc1-c1snnc1CCl. The first-order chi connectivity index (χ1) is 7.86. The van der Waals surface area contributed by atoms with Gasteiger partial charge in [-0.2, -0.15) is 0 Å². The summed E-state index contributed by atoms with van der Waals surface area (Å²) < 4.78 is 8.72. The maximum Gasteiger partial charge on any atom is 0.298 e. The van der Waals surface area contributed by atoms with E-state index in [0.29, 0.717) is 17.9 Å². The number of alkyl halides is 1. The van der Waals surface area contributed by atoms with Crippen molar-refractivity contribution in [1.82, 2.24) is 9.59 Å². The molecule has 0 N–H and O–H groups in total. The van der Waals surface area contributed by atoms with E-state index in [-0.39, 0.29) is 5.88 Å². The zero-order valence-electron chi connectivity index (χ0n) is 8.09. The lowest BCUT2D eigenvalue weighted by molar-refractivity contribution is -0.120. The van der Waals surface area contributed by atoms with Crippen LogP contribution in [-0.4, -0.2) is 16.1 Å². The van der Waals surface area contributed by atoms with Gasteiger partial charge in [0.25, 0.3) is 6.47 Å². The molecule has 1 heterocycles. The summed E-state index contributed by atoms with van der Waals surface area (Å²) in [6.07, 6.45) is 0. The predicted molar refractivity (Wildman–Crippen MR) is 61.6 cm³/mol. The molecule has 0 atom stereocenters. The van der Waals surface area contributed by atoms with Crippen LogP contribution in [0.1, 0.15) is 5.69 Å². The van der Waals surface area contributed by atoms with Crippen LogP contribution in [0.2, 0.25) is 0 Å². The number of ether oxygens (including phenoxy) is 1. The van der Waals surface area contributed by atoms with E-state index in [1.807, 2.05) is 12.1 Å². The molecule has 0 fully saturated rings. The molecule has 16 heavy (non-hydrogen) atoms. The summed E-state index contributed by atoms with van der Waals surface area (Å²) >= 11 is 6.97. The molecular formula is C10H7ClN2O2S. The Kier molecular flexibility index (Phi) is 3.48. The second kappa shape index (κ2) is 5.05. The lowest BCUT2D eigenvalue weighted by Gasteiger charge is -2.04. The topological polar surface area (TPSA) is 52.1 Å². The number of hydrogen-bond acceptors (Lipinski definition) is 5. The van der Waals surface area contributed by atoms with E-state index >= 15 is 0 Å². The number of hydrogen-bond donors (Lipinski definition) is 0. The van der Waals surface area contributed by atoms with Crippen LogP contribution in [0.5, 0.6) is 5.75 Å². The number of aromatic nitrogens is 2. The summed E-state index contributed by atoms with van der Waals surface area (Å²) in [6, 6.07) is 7.19. The molecule has 4 nitrogen and oxygen atoms in total. The van der Waals surface area contributed by atoms with E-state index in [4.69, 9.17) is 16.3 Å². The number of carbonyl (C=O) groups excluding carboxylic acids is 1. The molecule has 1 aromatic carbocycles. The van der Waals surface area contributed by atoms with Crippen LogP contribution in [0.25, 0.3) is 10.4 Å². The van der Waals surface area contributed by atoms with Gasteiger partial charge in [-0.3, -0.25) is 4.79 Å². The maximum absolute atomic E-state index is 10.4. The summed E-state index contributed by atoms with van der Waals surface area (Å²) in [5, 5.41) is 3.90. The normalized spacial score (nSPS) is 10.1. The monoisotopic (exact) mass is 254 g/mol. The average Bonchev–Trinajstić information content (AvgIpc) is 2.78. The molecule has 0 saturated carbocycles. The van der Waals surface area contributed by atoms with Crippen molar-refractivity contribution < 1.29 is 9.53 Å². The van der Waals surface area contributed by atoms with Crippen molar-refractivity contribution in [1.29, 1.82) is 0 Å². The molecule has 0 radical (unpaired) electrons. The van der Waals surface area contributed by atoms with E-state index in [2.05, 4.69) is 9.59 Å². The van der Waals surface area contributed by atoms with E-state index in [0.717, 1.165) is 10.4 Å². The minimum atomic E-state index is 0.279. The van der Waals surface area contributed by atoms with Gasteiger partial charge in [-0.05, 0) is 23.7 Å². The molecule has 0 aliphatic heterocycles. The lowest BCUT2D eigenvalue weighted by atomic mass is 10.1. The van der Waals surface area contributed by atoms with Crippen LogP contribution in [-0.2, 0) is 10.7 Å². The van der Waals surface area contributed by atoms with Crippen LogP contribution in [0, 0.1) is 0 Å². The van der Waals surface area contributed by atoms with Gasteiger partial charge in [0.15, 0.2) is 0 Å². The quantitative estimate of drug-likeness (QED) is 0.621. The Hall–Kier alpha value is -1.46. The zero-order chi connectivity index (χ0) is 11.4. The lowest BCUT2D eigenvalue weighted by Crippen LogP contribution is -1.92. The van der Waals surface area contributed by atoms with Gasteiger partial charge in [0.1, 0.15) is 5.75 Å². The van der Waals surface area contributed by atoms with Crippen LogP contribution in [0.4, 0.5) is 0 Å². The highest BCUT2D eigenvalue weighted by Crippen LogP contribution is 2.34. The van der Waals surface area contributed by atoms with E-state index in [9.17, 15) is 4.79 Å². The summed E-state index contributed by atoms with van der Waals surface area (Å²) in [6.45, 7) is 0.396. The van der Waals surface area contributed by atoms with Crippen molar-refractivity contribution in [2.75, 3.05) is 0 Å². The number of carbonyl (C=O) groups is 1. The molecule has 2 aromatic rings. The first kappa shape index (κ1) is 11.0. The Bertz CT molecular complexity index is 501. The summed E-state index contributed by atoms with van der Waals surface area (Å²) in [7, 11) is 0. The Morgan fingerprint density at radius 1 is 1.44 bits per heavy atom. The van der Waals surface area contributed by atoms with Crippen LogP contribution in [0.15, 0.2) is 24.3 Å². The Labute approximate surface area is 101 Å². The molecule has 0 unspecified atom stereocenters. The van der Waals surface area contributed by atoms with Crippen molar-refractivity contribution in [3.63, 3.8) is 0 Å². The third kappa shape index (κ3) is 2.05. The number of nitrogens with zero attached hydrogens (tertiary/aromatic N) is 2. The fourth-order valence-electron chi connectivity index (χ4n) is 1.31. The van der Waals surface area contributed by atoms with Gasteiger partial charge in [-0.15, -0.1) is 16.7 Å². The second-order valence-electron chi connectivity index (χ2n) is 2.89. The van der Waals surface area contributed by atoms with Crippen molar-refractivity contribution in [3.05, 3.63) is 30.0 Å². The molecule has 0 spiro atoms. The fourth-order valence-corrected chi connectivity index (χ4v) is 2.28. The molecule has 6 heteroatoms. The molecule has 0 bridgehead atoms. The highest BCUT2D eigenvalue weighted by atomic mass is 35.5. The van der Waals surface area contributed by atoms with Gasteiger partial charge in [-0.25, -0.2) is 0 Å². The smallest absolute Gasteiger partial charge is 0.298 e. The molecule has 0 aliphatic carbocycles. The van der Waals surface area contributed by atoms with Gasteiger partial charge in [-0.1, -0.05) is 16.6 Å². The highest BCUT2D eigenvalue weighted by Gasteiger charge is 2.13. The third-order valence-corrected chi connectivity index (χ3v) is 3.04. The van der Waals surface area contributed by atoms with Gasteiger partial charge >= 0.3 is 0 Å². The molecule has 0 saturated heterocycles. The Morgan fingerprint density at radius 2 is 2.25 bits per heavy atom. The number of para-hydroxylation sites is 1. The van der Waals surface area contributed by atoms with Crippen molar-refractivity contribution >= 4 is 29.6 Å². The van der Waals surface area contributed by atoms with Crippen molar-refractivity contribution in [2.24, 2.45) is 0 Å². The number of benzene rings is 1. The molecule has 0 amide bonds. The molecule has 0 aliphatic rings. The standard InChI is InChI=1S/C10H7ClN2O2S/c11-5-8-10(16-13-12-8)7-3-1-2-4-9(7)15-6-14/h1-4,6H,5H2. The molecule has 1 aromatic heterocycles. The molecule has 82 valence electrons. The molecule has 2 rings (SSSR count). The zero-order valence-corrected chi connectivity index (χ0v) is 9.66. The minimum absolute atomic E-state index is 0.279. The average molecular weight is 255 g/mol. The fraction of sp³-hybridized carbons (Fsp3) is 0.100. The third-order valence-electron chi connectivity index (χ3n) is 1.99. The van der Waals surface area contributed by atoms with E-state index in [1.54, 1.807) is 12.1 Å². The second-order valence-corrected chi connectivity index (χ2v) is 3.91. The number of rotatable bonds is 4.